The molecule has 0 aromatic carbocycles. The van der Waals surface area contributed by atoms with Crippen molar-refractivity contribution < 1.29 is 0 Å². The molecule has 0 atom stereocenters. The summed E-state index contributed by atoms with van der Waals surface area (Å²) in [6.07, 6.45) is 9.92. The first kappa shape index (κ1) is 17.0. The fourth-order valence-corrected chi connectivity index (χ4v) is 2.70. The van der Waals surface area contributed by atoms with Gasteiger partial charge >= 0.3 is 0 Å². The zero-order chi connectivity index (χ0) is 14.1. The van der Waals surface area contributed by atoms with Gasteiger partial charge in [-0.25, -0.2) is 0 Å². The number of hydrogen-bond donors (Lipinski definition) is 1. The third-order valence-electron chi connectivity index (χ3n) is 4.24. The van der Waals surface area contributed by atoms with E-state index in [0.29, 0.717) is 0 Å². The molecule has 0 aromatic rings. The van der Waals surface area contributed by atoms with Crippen LogP contribution in [0.4, 0.5) is 0 Å². The van der Waals surface area contributed by atoms with Crippen molar-refractivity contribution in [3.05, 3.63) is 0 Å². The zero-order valence-electron chi connectivity index (χ0n) is 13.8. The first-order valence-corrected chi connectivity index (χ1v) is 8.48. The number of nitrogens with one attached hydrogen (secondary N) is 1. The molecule has 1 aliphatic rings. The van der Waals surface area contributed by atoms with Crippen LogP contribution in [0.2, 0.25) is 0 Å². The van der Waals surface area contributed by atoms with Gasteiger partial charge in [-0.3, -0.25) is 0 Å². The lowest BCUT2D eigenvalue weighted by Crippen LogP contribution is -2.36. The van der Waals surface area contributed by atoms with Gasteiger partial charge in [-0.15, -0.1) is 0 Å². The van der Waals surface area contributed by atoms with Crippen molar-refractivity contribution in [1.82, 2.24) is 10.2 Å². The molecule has 114 valence electrons. The number of rotatable bonds is 10. The Hall–Kier alpha value is -0.0800. The maximum atomic E-state index is 3.56. The predicted octanol–water partition coefficient (Wildman–Crippen LogP) is 4.06. The second-order valence-corrected chi connectivity index (χ2v) is 7.28. The summed E-state index contributed by atoms with van der Waals surface area (Å²) in [5, 5.41) is 3.56. The molecule has 0 amide bonds. The van der Waals surface area contributed by atoms with E-state index >= 15 is 0 Å². The molecule has 1 rings (SSSR count). The van der Waals surface area contributed by atoms with Crippen molar-refractivity contribution in [2.75, 3.05) is 26.2 Å². The van der Waals surface area contributed by atoms with Crippen LogP contribution in [0, 0.1) is 5.92 Å². The molecule has 0 radical (unpaired) electrons. The van der Waals surface area contributed by atoms with Crippen molar-refractivity contribution in [2.45, 2.75) is 78.2 Å². The second-order valence-electron chi connectivity index (χ2n) is 7.28. The van der Waals surface area contributed by atoms with Crippen molar-refractivity contribution in [1.29, 1.82) is 0 Å². The summed E-state index contributed by atoms with van der Waals surface area (Å²) < 4.78 is 0. The van der Waals surface area contributed by atoms with Gasteiger partial charge < -0.3 is 10.2 Å². The Morgan fingerprint density at radius 2 is 1.74 bits per heavy atom. The Morgan fingerprint density at radius 1 is 1.05 bits per heavy atom. The van der Waals surface area contributed by atoms with Crippen LogP contribution in [-0.2, 0) is 0 Å². The first-order chi connectivity index (χ1) is 9.01. The fourth-order valence-electron chi connectivity index (χ4n) is 2.70. The summed E-state index contributed by atoms with van der Waals surface area (Å²) >= 11 is 0. The van der Waals surface area contributed by atoms with E-state index in [1.54, 1.807) is 0 Å². The molecule has 0 spiro atoms. The minimum Gasteiger partial charge on any atom is -0.312 e. The third kappa shape index (κ3) is 8.65. The van der Waals surface area contributed by atoms with E-state index in [4.69, 9.17) is 0 Å². The minimum atomic E-state index is 0.280. The van der Waals surface area contributed by atoms with Crippen LogP contribution in [0.1, 0.15) is 72.6 Å². The highest BCUT2D eigenvalue weighted by Gasteiger charge is 2.19. The predicted molar refractivity (Wildman–Crippen MR) is 85.7 cm³/mol. The molecule has 0 saturated heterocycles. The molecule has 0 heterocycles. The van der Waals surface area contributed by atoms with E-state index in [1.807, 2.05) is 0 Å². The Balaban J connectivity index is 1.91. The molecule has 2 nitrogen and oxygen atoms in total. The average Bonchev–Trinajstić information content (AvgIpc) is 2.28. The van der Waals surface area contributed by atoms with Gasteiger partial charge in [0.2, 0.25) is 0 Å². The monoisotopic (exact) mass is 268 g/mol. The van der Waals surface area contributed by atoms with Gasteiger partial charge in [-0.2, -0.15) is 0 Å². The molecule has 0 unspecified atom stereocenters. The zero-order valence-corrected chi connectivity index (χ0v) is 13.8. The van der Waals surface area contributed by atoms with Crippen LogP contribution < -0.4 is 5.32 Å². The lowest BCUT2D eigenvalue weighted by Gasteiger charge is -2.31. The lowest BCUT2D eigenvalue weighted by atomic mass is 9.85. The molecule has 0 aliphatic heterocycles. The molecular formula is C17H36N2. The van der Waals surface area contributed by atoms with Crippen LogP contribution in [-0.4, -0.2) is 36.6 Å². The SMILES string of the molecule is CCN(CCCCCCNC(C)(C)C)CC1CCC1. The Bertz CT molecular complexity index is 216. The van der Waals surface area contributed by atoms with Crippen LogP contribution in [0.25, 0.3) is 0 Å². The molecule has 0 aromatic heterocycles. The van der Waals surface area contributed by atoms with E-state index in [1.165, 1.54) is 71.1 Å². The maximum absolute atomic E-state index is 3.56. The van der Waals surface area contributed by atoms with E-state index in [2.05, 4.69) is 37.9 Å². The van der Waals surface area contributed by atoms with E-state index in [9.17, 15) is 0 Å². The van der Waals surface area contributed by atoms with Crippen LogP contribution in [0.3, 0.4) is 0 Å². The fraction of sp³-hybridized carbons (Fsp3) is 1.00. The summed E-state index contributed by atoms with van der Waals surface area (Å²) in [6, 6.07) is 0. The molecule has 19 heavy (non-hydrogen) atoms. The Labute approximate surface area is 121 Å². The van der Waals surface area contributed by atoms with E-state index in [0.717, 1.165) is 5.92 Å². The molecule has 1 N–H and O–H groups in total. The van der Waals surface area contributed by atoms with E-state index < -0.39 is 0 Å². The smallest absolute Gasteiger partial charge is 0.00965 e. The van der Waals surface area contributed by atoms with Crippen molar-refractivity contribution >= 4 is 0 Å². The van der Waals surface area contributed by atoms with Crippen molar-refractivity contribution in [2.24, 2.45) is 5.92 Å². The highest BCUT2D eigenvalue weighted by molar-refractivity contribution is 4.73. The standard InChI is InChI=1S/C17H36N2/c1-5-19(15-16-11-10-12-16)14-9-7-6-8-13-18-17(2,3)4/h16,18H,5-15H2,1-4H3. The maximum Gasteiger partial charge on any atom is 0.00965 e. The first-order valence-electron chi connectivity index (χ1n) is 8.48. The number of unbranched alkanes of at least 4 members (excludes halogenated alkanes) is 3. The van der Waals surface area contributed by atoms with E-state index in [-0.39, 0.29) is 5.54 Å². The number of hydrogen-bond acceptors (Lipinski definition) is 2. The Morgan fingerprint density at radius 3 is 2.26 bits per heavy atom. The quantitative estimate of drug-likeness (QED) is 0.601. The molecular weight excluding hydrogens is 232 g/mol. The molecule has 2 heteroatoms. The summed E-state index contributed by atoms with van der Waals surface area (Å²) in [4.78, 5) is 2.66. The summed E-state index contributed by atoms with van der Waals surface area (Å²) in [7, 11) is 0. The molecule has 1 aliphatic carbocycles. The minimum absolute atomic E-state index is 0.280. The lowest BCUT2D eigenvalue weighted by molar-refractivity contribution is 0.181. The highest BCUT2D eigenvalue weighted by Crippen LogP contribution is 2.27. The summed E-state index contributed by atoms with van der Waals surface area (Å²) in [5.41, 5.74) is 0.280. The van der Waals surface area contributed by atoms with Gasteiger partial charge in [0.25, 0.3) is 0 Å². The van der Waals surface area contributed by atoms with Crippen LogP contribution in [0.15, 0.2) is 0 Å². The van der Waals surface area contributed by atoms with Gasteiger partial charge in [-0.05, 0) is 72.0 Å². The van der Waals surface area contributed by atoms with Crippen molar-refractivity contribution in [3.63, 3.8) is 0 Å². The number of nitrogens with zero attached hydrogens (tertiary/aromatic N) is 1. The largest absolute Gasteiger partial charge is 0.312 e. The third-order valence-corrected chi connectivity index (χ3v) is 4.24. The van der Waals surface area contributed by atoms with Crippen molar-refractivity contribution in [3.8, 4) is 0 Å². The van der Waals surface area contributed by atoms with Gasteiger partial charge in [0.15, 0.2) is 0 Å². The molecule has 0 bridgehead atoms. The summed E-state index contributed by atoms with van der Waals surface area (Å²) in [6.45, 7) is 14.1. The van der Waals surface area contributed by atoms with Gasteiger partial charge in [0.05, 0.1) is 0 Å². The second kappa shape index (κ2) is 8.97. The van der Waals surface area contributed by atoms with Gasteiger partial charge in [-0.1, -0.05) is 26.2 Å². The average molecular weight is 268 g/mol. The van der Waals surface area contributed by atoms with Gasteiger partial charge in [0.1, 0.15) is 0 Å². The van der Waals surface area contributed by atoms with Crippen LogP contribution in [0.5, 0.6) is 0 Å². The molecule has 1 saturated carbocycles. The summed E-state index contributed by atoms with van der Waals surface area (Å²) in [5.74, 6) is 1.02. The molecule has 1 fully saturated rings. The normalized spacial score (nSPS) is 16.9. The van der Waals surface area contributed by atoms with Crippen LogP contribution >= 0.6 is 0 Å². The van der Waals surface area contributed by atoms with Gasteiger partial charge in [0, 0.05) is 12.1 Å². The Kier molecular flexibility index (Phi) is 8.01. The topological polar surface area (TPSA) is 15.3 Å². The highest BCUT2D eigenvalue weighted by atomic mass is 15.1.